The quantitative estimate of drug-likeness (QED) is 0.753. The van der Waals surface area contributed by atoms with Crippen LogP contribution in [0.3, 0.4) is 0 Å². The van der Waals surface area contributed by atoms with E-state index in [1.54, 1.807) is 42.5 Å². The molecule has 8 heteroatoms. The molecule has 0 atom stereocenters. The van der Waals surface area contributed by atoms with Gasteiger partial charge in [-0.25, -0.2) is 4.79 Å². The number of rotatable bonds is 6. The number of amides is 1. The van der Waals surface area contributed by atoms with Crippen molar-refractivity contribution in [1.29, 1.82) is 0 Å². The van der Waals surface area contributed by atoms with Crippen molar-refractivity contribution in [3.05, 3.63) is 57.5 Å². The van der Waals surface area contributed by atoms with Crippen LogP contribution in [0.15, 0.2) is 42.5 Å². The standard InChI is InChI=1S/C16H12Cl3NO4/c17-10-4-6-11(7-5-10)23-9-15(22)24-8-14(21)20-16-12(18)2-1-3-13(16)19/h1-7H,8-9H2,(H,20,21). The van der Waals surface area contributed by atoms with Crippen LogP contribution < -0.4 is 10.1 Å². The summed E-state index contributed by atoms with van der Waals surface area (Å²) in [4.78, 5) is 23.3. The Hall–Kier alpha value is -1.95. The fourth-order valence-corrected chi connectivity index (χ4v) is 2.27. The summed E-state index contributed by atoms with van der Waals surface area (Å²) in [6.07, 6.45) is 0. The average Bonchev–Trinajstić information content (AvgIpc) is 2.56. The van der Waals surface area contributed by atoms with Gasteiger partial charge in [-0.2, -0.15) is 0 Å². The minimum absolute atomic E-state index is 0.263. The number of esters is 1. The first-order valence-corrected chi connectivity index (χ1v) is 7.87. The van der Waals surface area contributed by atoms with Crippen LogP contribution in [0.25, 0.3) is 0 Å². The number of hydrogen-bond donors (Lipinski definition) is 1. The summed E-state index contributed by atoms with van der Waals surface area (Å²) >= 11 is 17.6. The van der Waals surface area contributed by atoms with E-state index in [-0.39, 0.29) is 22.3 Å². The molecule has 0 fully saturated rings. The predicted molar refractivity (Wildman–Crippen MR) is 93.0 cm³/mol. The number of carbonyl (C=O) groups excluding carboxylic acids is 2. The first-order valence-electron chi connectivity index (χ1n) is 6.73. The summed E-state index contributed by atoms with van der Waals surface area (Å²) in [6, 6.07) is 11.3. The summed E-state index contributed by atoms with van der Waals surface area (Å²) in [5.74, 6) is -0.793. The second-order valence-corrected chi connectivity index (χ2v) is 5.80. The van der Waals surface area contributed by atoms with E-state index in [2.05, 4.69) is 5.32 Å². The minimum Gasteiger partial charge on any atom is -0.482 e. The van der Waals surface area contributed by atoms with Crippen LogP contribution in [-0.4, -0.2) is 25.1 Å². The van der Waals surface area contributed by atoms with Crippen molar-refractivity contribution < 1.29 is 19.1 Å². The van der Waals surface area contributed by atoms with Gasteiger partial charge in [0.25, 0.3) is 5.91 Å². The molecule has 24 heavy (non-hydrogen) atoms. The summed E-state index contributed by atoms with van der Waals surface area (Å²) < 4.78 is 10.0. The molecule has 2 aromatic carbocycles. The number of ether oxygens (including phenoxy) is 2. The third-order valence-corrected chi connectivity index (χ3v) is 3.64. The van der Waals surface area contributed by atoms with Crippen LogP contribution in [0, 0.1) is 0 Å². The molecular formula is C16H12Cl3NO4. The van der Waals surface area contributed by atoms with Crippen molar-refractivity contribution in [1.82, 2.24) is 0 Å². The fraction of sp³-hybridized carbons (Fsp3) is 0.125. The molecule has 2 aromatic rings. The second kappa shape index (κ2) is 8.78. The fourth-order valence-electron chi connectivity index (χ4n) is 1.65. The number of carbonyl (C=O) groups is 2. The minimum atomic E-state index is -0.689. The summed E-state index contributed by atoms with van der Waals surface area (Å²) in [5, 5.41) is 3.60. The van der Waals surface area contributed by atoms with Gasteiger partial charge in [0.05, 0.1) is 15.7 Å². The van der Waals surface area contributed by atoms with Gasteiger partial charge < -0.3 is 14.8 Å². The lowest BCUT2D eigenvalue weighted by atomic mass is 10.3. The molecule has 0 saturated carbocycles. The van der Waals surface area contributed by atoms with Gasteiger partial charge in [-0.3, -0.25) is 4.79 Å². The van der Waals surface area contributed by atoms with Crippen molar-refractivity contribution in [2.75, 3.05) is 18.5 Å². The van der Waals surface area contributed by atoms with Crippen LogP contribution in [0.4, 0.5) is 5.69 Å². The van der Waals surface area contributed by atoms with Crippen LogP contribution in [0.1, 0.15) is 0 Å². The number of halogens is 3. The number of anilines is 1. The Morgan fingerprint density at radius 3 is 2.17 bits per heavy atom. The molecule has 0 aliphatic rings. The van der Waals surface area contributed by atoms with Crippen molar-refractivity contribution >= 4 is 52.4 Å². The average molecular weight is 389 g/mol. The molecule has 0 unspecified atom stereocenters. The highest BCUT2D eigenvalue weighted by Gasteiger charge is 2.12. The summed E-state index contributed by atoms with van der Waals surface area (Å²) in [5.41, 5.74) is 0.263. The Labute approximate surface area is 153 Å². The maximum absolute atomic E-state index is 11.8. The molecule has 126 valence electrons. The van der Waals surface area contributed by atoms with E-state index in [1.165, 1.54) is 0 Å². The topological polar surface area (TPSA) is 64.6 Å². The zero-order valence-electron chi connectivity index (χ0n) is 12.2. The number of nitrogens with one attached hydrogen (secondary N) is 1. The molecule has 1 N–H and O–H groups in total. The number of benzene rings is 2. The van der Waals surface area contributed by atoms with Gasteiger partial charge in [-0.05, 0) is 36.4 Å². The lowest BCUT2D eigenvalue weighted by molar-refractivity contribution is -0.149. The molecule has 0 radical (unpaired) electrons. The Morgan fingerprint density at radius 2 is 1.54 bits per heavy atom. The van der Waals surface area contributed by atoms with Crippen molar-refractivity contribution in [2.45, 2.75) is 0 Å². The highest BCUT2D eigenvalue weighted by molar-refractivity contribution is 6.39. The molecule has 0 heterocycles. The van der Waals surface area contributed by atoms with E-state index in [0.717, 1.165) is 0 Å². The van der Waals surface area contributed by atoms with Crippen molar-refractivity contribution in [3.8, 4) is 5.75 Å². The first-order chi connectivity index (χ1) is 11.5. The van der Waals surface area contributed by atoms with Crippen molar-refractivity contribution in [3.63, 3.8) is 0 Å². The lowest BCUT2D eigenvalue weighted by Gasteiger charge is -2.10. The van der Waals surface area contributed by atoms with Gasteiger partial charge in [-0.1, -0.05) is 40.9 Å². The first kappa shape index (κ1) is 18.4. The monoisotopic (exact) mass is 387 g/mol. The molecule has 0 aliphatic carbocycles. The normalized spacial score (nSPS) is 10.1. The van der Waals surface area contributed by atoms with Crippen molar-refractivity contribution in [2.24, 2.45) is 0 Å². The molecule has 1 amide bonds. The largest absolute Gasteiger partial charge is 0.482 e. The van der Waals surface area contributed by atoms with E-state index in [4.69, 9.17) is 44.3 Å². The van der Waals surface area contributed by atoms with Gasteiger partial charge in [-0.15, -0.1) is 0 Å². The Morgan fingerprint density at radius 1 is 0.917 bits per heavy atom. The van der Waals surface area contributed by atoms with E-state index in [1.807, 2.05) is 0 Å². The van der Waals surface area contributed by atoms with Crippen LogP contribution in [-0.2, 0) is 14.3 Å². The molecule has 0 aliphatic heterocycles. The van der Waals surface area contributed by atoms with Gasteiger partial charge in [0.2, 0.25) is 0 Å². The van der Waals surface area contributed by atoms with Crippen LogP contribution in [0.5, 0.6) is 5.75 Å². The predicted octanol–water partition coefficient (Wildman–Crippen LogP) is 4.21. The molecule has 0 spiro atoms. The third-order valence-electron chi connectivity index (χ3n) is 2.76. The van der Waals surface area contributed by atoms with E-state index in [9.17, 15) is 9.59 Å². The van der Waals surface area contributed by atoms with E-state index >= 15 is 0 Å². The highest BCUT2D eigenvalue weighted by atomic mass is 35.5. The zero-order valence-corrected chi connectivity index (χ0v) is 14.5. The maximum atomic E-state index is 11.8. The Bertz CT molecular complexity index is 714. The molecule has 0 bridgehead atoms. The van der Waals surface area contributed by atoms with Crippen LogP contribution in [0.2, 0.25) is 15.1 Å². The highest BCUT2D eigenvalue weighted by Crippen LogP contribution is 2.29. The summed E-state index contributed by atoms with van der Waals surface area (Å²) in [6.45, 7) is -0.813. The molecular weight excluding hydrogens is 377 g/mol. The lowest BCUT2D eigenvalue weighted by Crippen LogP contribution is -2.23. The molecule has 5 nitrogen and oxygen atoms in total. The van der Waals surface area contributed by atoms with Gasteiger partial charge in [0.15, 0.2) is 13.2 Å². The summed E-state index contributed by atoms with van der Waals surface area (Å²) in [7, 11) is 0. The Balaban J connectivity index is 1.77. The second-order valence-electron chi connectivity index (χ2n) is 4.55. The molecule has 2 rings (SSSR count). The SMILES string of the molecule is O=C(COC(=O)COc1ccc(Cl)cc1)Nc1c(Cl)cccc1Cl. The maximum Gasteiger partial charge on any atom is 0.344 e. The number of hydrogen-bond acceptors (Lipinski definition) is 4. The zero-order chi connectivity index (χ0) is 17.5. The van der Waals surface area contributed by atoms with Gasteiger partial charge in [0.1, 0.15) is 5.75 Å². The van der Waals surface area contributed by atoms with Crippen LogP contribution >= 0.6 is 34.8 Å². The number of para-hydroxylation sites is 1. The molecule has 0 aromatic heterocycles. The smallest absolute Gasteiger partial charge is 0.344 e. The van der Waals surface area contributed by atoms with E-state index in [0.29, 0.717) is 10.8 Å². The third kappa shape index (κ3) is 5.60. The Kier molecular flexibility index (Phi) is 6.73. The molecule has 0 saturated heterocycles. The van der Waals surface area contributed by atoms with E-state index < -0.39 is 18.5 Å². The van der Waals surface area contributed by atoms with Gasteiger partial charge in [0, 0.05) is 5.02 Å². The van der Waals surface area contributed by atoms with Gasteiger partial charge >= 0.3 is 5.97 Å².